The quantitative estimate of drug-likeness (QED) is 0.896. The van der Waals surface area contributed by atoms with Gasteiger partial charge < -0.3 is 15.3 Å². The molecule has 0 spiro atoms. The number of aliphatic carboxylic acids is 1. The molecule has 0 aliphatic carbocycles. The molecule has 19 heavy (non-hydrogen) atoms. The second-order valence-corrected chi connectivity index (χ2v) is 6.36. The van der Waals surface area contributed by atoms with Crippen LogP contribution < -0.4 is 5.32 Å². The Morgan fingerprint density at radius 3 is 3.05 bits per heavy atom. The van der Waals surface area contributed by atoms with Gasteiger partial charge in [0.05, 0.1) is 0 Å². The van der Waals surface area contributed by atoms with Gasteiger partial charge in [-0.25, -0.2) is 4.79 Å². The summed E-state index contributed by atoms with van der Waals surface area (Å²) >= 11 is 3.43. The maximum atomic E-state index is 11.9. The van der Waals surface area contributed by atoms with Crippen molar-refractivity contribution in [2.75, 3.05) is 25.0 Å². The number of carboxylic acids is 1. The average Bonchev–Trinajstić information content (AvgIpc) is 2.77. The number of hydrogen-bond donors (Lipinski definition) is 2. The van der Waals surface area contributed by atoms with E-state index in [0.29, 0.717) is 6.42 Å². The highest BCUT2D eigenvalue weighted by molar-refractivity contribution is 9.10. The minimum absolute atomic E-state index is 0.192. The minimum Gasteiger partial charge on any atom is -0.479 e. The molecule has 0 radical (unpaired) electrons. The van der Waals surface area contributed by atoms with Gasteiger partial charge >= 0.3 is 5.97 Å². The van der Waals surface area contributed by atoms with Crippen LogP contribution in [0, 0.1) is 5.92 Å². The molecule has 0 aromatic heterocycles. The predicted molar refractivity (Wildman–Crippen MR) is 77.3 cm³/mol. The number of carboxylic acid groups (broad SMARTS) is 1. The molecule has 2 heterocycles. The molecule has 2 N–H and O–H groups in total. The first-order chi connectivity index (χ1) is 9.10. The van der Waals surface area contributed by atoms with Crippen LogP contribution >= 0.6 is 15.9 Å². The van der Waals surface area contributed by atoms with Crippen molar-refractivity contribution in [3.8, 4) is 0 Å². The van der Waals surface area contributed by atoms with Crippen molar-refractivity contribution in [3.05, 3.63) is 28.7 Å². The SMILES string of the molecule is O=C(O)C1(Nc2cccc(Br)c2)CCN2CCC1C2. The molecule has 102 valence electrons. The highest BCUT2D eigenvalue weighted by Gasteiger charge is 2.51. The molecule has 2 bridgehead atoms. The van der Waals surface area contributed by atoms with Crippen LogP contribution in [-0.2, 0) is 4.79 Å². The molecule has 3 rings (SSSR count). The summed E-state index contributed by atoms with van der Waals surface area (Å²) in [6.07, 6.45) is 1.63. The zero-order valence-electron chi connectivity index (χ0n) is 10.6. The predicted octanol–water partition coefficient (Wildman–Crippen LogP) is 2.41. The van der Waals surface area contributed by atoms with E-state index < -0.39 is 11.5 Å². The van der Waals surface area contributed by atoms with Gasteiger partial charge in [-0.2, -0.15) is 0 Å². The summed E-state index contributed by atoms with van der Waals surface area (Å²) < 4.78 is 0.960. The van der Waals surface area contributed by atoms with E-state index >= 15 is 0 Å². The van der Waals surface area contributed by atoms with Gasteiger partial charge in [0.1, 0.15) is 5.54 Å². The number of halogens is 1. The fraction of sp³-hybridized carbons (Fsp3) is 0.500. The number of rotatable bonds is 3. The first-order valence-corrected chi connectivity index (χ1v) is 7.39. The second-order valence-electron chi connectivity index (χ2n) is 5.45. The summed E-state index contributed by atoms with van der Waals surface area (Å²) in [5.41, 5.74) is 0.0606. The molecule has 2 aliphatic heterocycles. The van der Waals surface area contributed by atoms with Crippen molar-refractivity contribution in [2.45, 2.75) is 18.4 Å². The Bertz CT molecular complexity index is 508. The van der Waals surface area contributed by atoms with Gasteiger partial charge in [-0.1, -0.05) is 22.0 Å². The van der Waals surface area contributed by atoms with E-state index in [1.54, 1.807) is 0 Å². The fourth-order valence-electron chi connectivity index (χ4n) is 3.30. The topological polar surface area (TPSA) is 52.6 Å². The van der Waals surface area contributed by atoms with Crippen LogP contribution in [0.4, 0.5) is 5.69 Å². The lowest BCUT2D eigenvalue weighted by Gasteiger charge is -2.40. The van der Waals surface area contributed by atoms with E-state index in [0.717, 1.165) is 36.2 Å². The maximum Gasteiger partial charge on any atom is 0.329 e. The van der Waals surface area contributed by atoms with E-state index in [2.05, 4.69) is 26.1 Å². The summed E-state index contributed by atoms with van der Waals surface area (Å²) in [6.45, 7) is 2.79. The molecule has 3 atom stereocenters. The van der Waals surface area contributed by atoms with Crippen LogP contribution in [0.15, 0.2) is 28.7 Å². The smallest absolute Gasteiger partial charge is 0.329 e. The number of fused-ring (bicyclic) bond motifs is 2. The highest BCUT2D eigenvalue weighted by atomic mass is 79.9. The third-order valence-electron chi connectivity index (χ3n) is 4.37. The lowest BCUT2D eigenvalue weighted by atomic mass is 9.78. The van der Waals surface area contributed by atoms with Crippen LogP contribution in [0.5, 0.6) is 0 Å². The number of nitrogens with zero attached hydrogens (tertiary/aromatic N) is 1. The number of carbonyl (C=O) groups is 1. The summed E-state index contributed by atoms with van der Waals surface area (Å²) in [7, 11) is 0. The van der Waals surface area contributed by atoms with E-state index in [1.165, 1.54) is 0 Å². The van der Waals surface area contributed by atoms with Crippen LogP contribution in [-0.4, -0.2) is 41.1 Å². The van der Waals surface area contributed by atoms with Crippen LogP contribution in [0.3, 0.4) is 0 Å². The second kappa shape index (κ2) is 4.80. The first kappa shape index (κ1) is 12.9. The molecule has 2 saturated heterocycles. The summed E-state index contributed by atoms with van der Waals surface area (Å²) in [5, 5.41) is 13.1. The molecule has 2 fully saturated rings. The van der Waals surface area contributed by atoms with Crippen LogP contribution in [0.1, 0.15) is 12.8 Å². The highest BCUT2D eigenvalue weighted by Crippen LogP contribution is 2.38. The Balaban J connectivity index is 1.91. The number of benzene rings is 1. The Kier molecular flexibility index (Phi) is 3.27. The lowest BCUT2D eigenvalue weighted by Crippen LogP contribution is -2.57. The number of hydrogen-bond acceptors (Lipinski definition) is 3. The van der Waals surface area contributed by atoms with Crippen molar-refractivity contribution >= 4 is 27.6 Å². The Labute approximate surface area is 120 Å². The normalized spacial score (nSPS) is 33.1. The molecule has 1 aromatic rings. The fourth-order valence-corrected chi connectivity index (χ4v) is 3.70. The van der Waals surface area contributed by atoms with Gasteiger partial charge in [0.15, 0.2) is 0 Å². The van der Waals surface area contributed by atoms with Gasteiger partial charge in [-0.3, -0.25) is 0 Å². The first-order valence-electron chi connectivity index (χ1n) is 6.60. The average molecular weight is 325 g/mol. The van der Waals surface area contributed by atoms with E-state index in [4.69, 9.17) is 0 Å². The zero-order chi connectivity index (χ0) is 13.5. The van der Waals surface area contributed by atoms with Gasteiger partial charge in [-0.05, 0) is 37.6 Å². The van der Waals surface area contributed by atoms with Gasteiger partial charge in [0, 0.05) is 29.2 Å². The van der Waals surface area contributed by atoms with Crippen molar-refractivity contribution in [1.82, 2.24) is 4.90 Å². The lowest BCUT2D eigenvalue weighted by molar-refractivity contribution is -0.145. The third-order valence-corrected chi connectivity index (χ3v) is 4.86. The number of piperidine rings is 1. The number of nitrogens with one attached hydrogen (secondary N) is 1. The van der Waals surface area contributed by atoms with E-state index in [9.17, 15) is 9.90 Å². The standard InChI is InChI=1S/C14H17BrN2O2/c15-11-2-1-3-12(8-11)16-14(13(18)19)5-7-17-6-4-10(14)9-17/h1-3,8,10,16H,4-7,9H2,(H,18,19). The molecule has 3 unspecified atom stereocenters. The summed E-state index contributed by atoms with van der Waals surface area (Å²) in [5.74, 6) is -0.531. The Hall–Kier alpha value is -1.07. The molecule has 1 aromatic carbocycles. The van der Waals surface area contributed by atoms with Crippen LogP contribution in [0.2, 0.25) is 0 Å². The molecule has 0 saturated carbocycles. The molecule has 2 aliphatic rings. The Morgan fingerprint density at radius 1 is 1.47 bits per heavy atom. The van der Waals surface area contributed by atoms with Crippen molar-refractivity contribution in [3.63, 3.8) is 0 Å². The largest absolute Gasteiger partial charge is 0.479 e. The van der Waals surface area contributed by atoms with Crippen molar-refractivity contribution in [1.29, 1.82) is 0 Å². The minimum atomic E-state index is -0.812. The maximum absolute atomic E-state index is 11.9. The van der Waals surface area contributed by atoms with Crippen molar-refractivity contribution in [2.24, 2.45) is 5.92 Å². The zero-order valence-corrected chi connectivity index (χ0v) is 12.2. The van der Waals surface area contributed by atoms with Gasteiger partial charge in [-0.15, -0.1) is 0 Å². The summed E-state index contributed by atoms with van der Waals surface area (Å²) in [6, 6.07) is 7.73. The molecular weight excluding hydrogens is 308 g/mol. The van der Waals surface area contributed by atoms with E-state index in [1.807, 2.05) is 24.3 Å². The van der Waals surface area contributed by atoms with Crippen LogP contribution in [0.25, 0.3) is 0 Å². The van der Waals surface area contributed by atoms with Crippen molar-refractivity contribution < 1.29 is 9.90 Å². The molecule has 4 nitrogen and oxygen atoms in total. The third kappa shape index (κ3) is 2.25. The molecule has 5 heteroatoms. The summed E-state index contributed by atoms with van der Waals surface area (Å²) in [4.78, 5) is 14.2. The van der Waals surface area contributed by atoms with E-state index in [-0.39, 0.29) is 5.92 Å². The molecule has 0 amide bonds. The van der Waals surface area contributed by atoms with Gasteiger partial charge in [0.2, 0.25) is 0 Å². The molecular formula is C14H17BrN2O2. The monoisotopic (exact) mass is 324 g/mol. The van der Waals surface area contributed by atoms with Gasteiger partial charge in [0.25, 0.3) is 0 Å². The number of anilines is 1. The Morgan fingerprint density at radius 2 is 2.32 bits per heavy atom.